The van der Waals surface area contributed by atoms with Crippen LogP contribution in [0.4, 0.5) is 36.3 Å². The molecule has 2 aromatic heterocycles. The molecule has 1 fully saturated rings. The summed E-state index contributed by atoms with van der Waals surface area (Å²) < 4.78 is 38.7. The van der Waals surface area contributed by atoms with Crippen LogP contribution < -0.4 is 15.6 Å². The van der Waals surface area contributed by atoms with E-state index < -0.39 is 11.7 Å². The number of rotatable bonds is 8. The van der Waals surface area contributed by atoms with E-state index in [-0.39, 0.29) is 6.61 Å². The minimum Gasteiger partial charge on any atom is -0.396 e. The molecule has 3 aromatic rings. The summed E-state index contributed by atoms with van der Waals surface area (Å²) >= 11 is 0. The Morgan fingerprint density at radius 1 is 1.11 bits per heavy atom. The molecule has 3 N–H and O–H groups in total. The summed E-state index contributed by atoms with van der Waals surface area (Å²) in [7, 11) is 0. The third-order valence-electron chi connectivity index (χ3n) is 5.94. The highest BCUT2D eigenvalue weighted by atomic mass is 19.4. The number of hydrogen-bond donors (Lipinski definition) is 3. The van der Waals surface area contributed by atoms with Crippen LogP contribution in [-0.2, 0) is 6.18 Å². The highest BCUT2D eigenvalue weighted by molar-refractivity contribution is 5.78. The first-order chi connectivity index (χ1) is 17.3. The van der Waals surface area contributed by atoms with Gasteiger partial charge in [-0.3, -0.25) is 4.98 Å². The number of benzene rings is 1. The maximum atomic E-state index is 12.9. The molecule has 0 atom stereocenters. The molecule has 0 saturated carbocycles. The normalized spacial score (nSPS) is 14.9. The van der Waals surface area contributed by atoms with E-state index in [1.54, 1.807) is 18.2 Å². The highest BCUT2D eigenvalue weighted by Crippen LogP contribution is 2.31. The first-order valence-electron chi connectivity index (χ1n) is 11.7. The molecule has 0 radical (unpaired) electrons. The summed E-state index contributed by atoms with van der Waals surface area (Å²) in [5, 5.41) is 16.2. The number of aryl methyl sites for hydroxylation is 1. The Morgan fingerprint density at radius 2 is 1.92 bits per heavy atom. The van der Waals surface area contributed by atoms with Gasteiger partial charge in [-0.05, 0) is 62.4 Å². The Hall–Kier alpha value is -3.73. The minimum atomic E-state index is -4.40. The SMILES string of the molecule is Cc1cc(N2CCC(CCO)CC2)nc(N/N=C/c2ccc(Nc3cccc(C(F)(F)F)c3)cn2)n1. The van der Waals surface area contributed by atoms with Crippen molar-refractivity contribution in [2.24, 2.45) is 11.0 Å². The van der Waals surface area contributed by atoms with Gasteiger partial charge in [0.15, 0.2) is 0 Å². The topological polar surface area (TPSA) is 98.6 Å². The summed E-state index contributed by atoms with van der Waals surface area (Å²) in [5.74, 6) is 1.77. The second kappa shape index (κ2) is 11.3. The molecule has 190 valence electrons. The molecule has 1 aliphatic heterocycles. The van der Waals surface area contributed by atoms with Crippen molar-refractivity contribution in [3.8, 4) is 0 Å². The number of aliphatic hydroxyl groups excluding tert-OH is 1. The van der Waals surface area contributed by atoms with Crippen LogP contribution in [0, 0.1) is 12.8 Å². The fourth-order valence-electron chi connectivity index (χ4n) is 4.05. The van der Waals surface area contributed by atoms with Crippen LogP contribution in [0.3, 0.4) is 0 Å². The average Bonchev–Trinajstić information content (AvgIpc) is 2.85. The summed E-state index contributed by atoms with van der Waals surface area (Å²) in [4.78, 5) is 15.4. The van der Waals surface area contributed by atoms with Crippen LogP contribution in [-0.4, -0.2) is 46.0 Å². The molecule has 11 heteroatoms. The molecule has 0 unspecified atom stereocenters. The molecule has 0 aliphatic carbocycles. The van der Waals surface area contributed by atoms with Gasteiger partial charge in [0.25, 0.3) is 0 Å². The largest absolute Gasteiger partial charge is 0.416 e. The molecule has 3 heterocycles. The van der Waals surface area contributed by atoms with Crippen LogP contribution in [0.5, 0.6) is 0 Å². The van der Waals surface area contributed by atoms with Gasteiger partial charge < -0.3 is 15.3 Å². The van der Waals surface area contributed by atoms with Gasteiger partial charge in [0.1, 0.15) is 5.82 Å². The van der Waals surface area contributed by atoms with Crippen LogP contribution >= 0.6 is 0 Å². The van der Waals surface area contributed by atoms with Gasteiger partial charge in [-0.1, -0.05) is 6.07 Å². The molecular weight excluding hydrogens is 471 g/mol. The van der Waals surface area contributed by atoms with E-state index >= 15 is 0 Å². The van der Waals surface area contributed by atoms with Crippen molar-refractivity contribution in [2.75, 3.05) is 35.3 Å². The van der Waals surface area contributed by atoms with E-state index in [2.05, 4.69) is 35.7 Å². The number of nitrogens with zero attached hydrogens (tertiary/aromatic N) is 5. The Kier molecular flexibility index (Phi) is 7.99. The molecule has 36 heavy (non-hydrogen) atoms. The lowest BCUT2D eigenvalue weighted by Gasteiger charge is -2.32. The lowest BCUT2D eigenvalue weighted by molar-refractivity contribution is -0.137. The van der Waals surface area contributed by atoms with Crippen molar-refractivity contribution in [3.63, 3.8) is 0 Å². The van der Waals surface area contributed by atoms with Gasteiger partial charge in [-0.2, -0.15) is 23.3 Å². The second-order valence-corrected chi connectivity index (χ2v) is 8.68. The van der Waals surface area contributed by atoms with Gasteiger partial charge >= 0.3 is 6.18 Å². The van der Waals surface area contributed by atoms with Gasteiger partial charge in [0.2, 0.25) is 5.95 Å². The third kappa shape index (κ3) is 6.91. The molecule has 1 aromatic carbocycles. The van der Waals surface area contributed by atoms with Crippen LogP contribution in [0.1, 0.15) is 36.2 Å². The average molecular weight is 500 g/mol. The number of aromatic nitrogens is 3. The van der Waals surface area contributed by atoms with Crippen molar-refractivity contribution in [2.45, 2.75) is 32.4 Å². The Bertz CT molecular complexity index is 1180. The lowest BCUT2D eigenvalue weighted by atomic mass is 9.94. The van der Waals surface area contributed by atoms with Gasteiger partial charge in [-0.25, -0.2) is 10.4 Å². The number of piperidine rings is 1. The number of aliphatic hydroxyl groups is 1. The maximum absolute atomic E-state index is 12.9. The number of pyridine rings is 1. The molecule has 0 bridgehead atoms. The standard InChI is InChI=1S/C25H28F3N7O/c1-17-13-23(35-10-7-18(8-11-35)9-12-36)33-24(31-17)34-30-16-21-5-6-22(15-29-21)32-20-4-2-3-19(14-20)25(26,27)28/h2-6,13-16,18,32,36H,7-12H2,1H3,(H,31,33,34)/b30-16+. The second-order valence-electron chi connectivity index (χ2n) is 8.68. The Morgan fingerprint density at radius 3 is 2.61 bits per heavy atom. The van der Waals surface area contributed by atoms with E-state index in [0.29, 0.717) is 28.9 Å². The summed E-state index contributed by atoms with van der Waals surface area (Å²) in [6.07, 6.45) is 1.52. The van der Waals surface area contributed by atoms with Crippen molar-refractivity contribution >= 4 is 29.4 Å². The highest BCUT2D eigenvalue weighted by Gasteiger charge is 2.30. The zero-order valence-corrected chi connectivity index (χ0v) is 19.8. The van der Waals surface area contributed by atoms with Crippen molar-refractivity contribution in [3.05, 3.63) is 65.6 Å². The van der Waals surface area contributed by atoms with E-state index in [1.165, 1.54) is 18.5 Å². The summed E-state index contributed by atoms with van der Waals surface area (Å²) in [6, 6.07) is 10.3. The summed E-state index contributed by atoms with van der Waals surface area (Å²) in [6.45, 7) is 3.90. The lowest BCUT2D eigenvalue weighted by Crippen LogP contribution is -2.34. The fraction of sp³-hybridized carbons (Fsp3) is 0.360. The number of nitrogens with one attached hydrogen (secondary N) is 2. The quantitative estimate of drug-likeness (QED) is 0.297. The number of alkyl halides is 3. The van der Waals surface area contributed by atoms with E-state index in [1.807, 2.05) is 13.0 Å². The molecule has 0 spiro atoms. The molecule has 8 nitrogen and oxygen atoms in total. The smallest absolute Gasteiger partial charge is 0.396 e. The van der Waals surface area contributed by atoms with Crippen molar-refractivity contribution in [1.82, 2.24) is 15.0 Å². The zero-order chi connectivity index (χ0) is 25.5. The predicted molar refractivity (Wildman–Crippen MR) is 134 cm³/mol. The first-order valence-corrected chi connectivity index (χ1v) is 11.7. The van der Waals surface area contributed by atoms with Gasteiger partial charge in [0, 0.05) is 37.1 Å². The zero-order valence-electron chi connectivity index (χ0n) is 19.8. The fourth-order valence-corrected chi connectivity index (χ4v) is 4.05. The van der Waals surface area contributed by atoms with Gasteiger partial charge in [-0.15, -0.1) is 0 Å². The molecule has 0 amide bonds. The van der Waals surface area contributed by atoms with Crippen molar-refractivity contribution < 1.29 is 18.3 Å². The van der Waals surface area contributed by atoms with Gasteiger partial charge in [0.05, 0.1) is 29.4 Å². The Balaban J connectivity index is 1.34. The van der Waals surface area contributed by atoms with Crippen LogP contribution in [0.15, 0.2) is 53.8 Å². The van der Waals surface area contributed by atoms with Crippen LogP contribution in [0.25, 0.3) is 0 Å². The maximum Gasteiger partial charge on any atom is 0.416 e. The monoisotopic (exact) mass is 499 g/mol. The first kappa shape index (κ1) is 25.4. The van der Waals surface area contributed by atoms with E-state index in [0.717, 1.165) is 56.0 Å². The van der Waals surface area contributed by atoms with E-state index in [4.69, 9.17) is 5.11 Å². The molecule has 4 rings (SSSR count). The number of hydrazone groups is 1. The van der Waals surface area contributed by atoms with Crippen LogP contribution in [0.2, 0.25) is 0 Å². The Labute approximate surface area is 207 Å². The summed E-state index contributed by atoms with van der Waals surface area (Å²) in [5.41, 5.74) is 4.36. The number of halogens is 3. The van der Waals surface area contributed by atoms with Crippen molar-refractivity contribution in [1.29, 1.82) is 0 Å². The number of anilines is 4. The molecular formula is C25H28F3N7O. The third-order valence-corrected chi connectivity index (χ3v) is 5.94. The van der Waals surface area contributed by atoms with E-state index in [9.17, 15) is 13.2 Å². The molecule has 1 aliphatic rings. The number of hydrogen-bond acceptors (Lipinski definition) is 8. The molecule has 1 saturated heterocycles. The minimum absolute atomic E-state index is 0.229. The predicted octanol–water partition coefficient (Wildman–Crippen LogP) is 4.99.